The van der Waals surface area contributed by atoms with Gasteiger partial charge in [0.25, 0.3) is 11.1 Å². The third kappa shape index (κ3) is 3.25. The van der Waals surface area contributed by atoms with Gasteiger partial charge in [0.05, 0.1) is 26.2 Å². The van der Waals surface area contributed by atoms with E-state index in [1.165, 1.54) is 11.7 Å². The highest BCUT2D eigenvalue weighted by atomic mass is 16.5. The smallest absolute Gasteiger partial charge is 0.306 e. The summed E-state index contributed by atoms with van der Waals surface area (Å²) in [6.07, 6.45) is -0.116. The van der Waals surface area contributed by atoms with Crippen LogP contribution in [0, 0.1) is 6.92 Å². The number of hydrogen-bond acceptors (Lipinski definition) is 5. The maximum atomic E-state index is 13.1. The van der Waals surface area contributed by atoms with Crippen molar-refractivity contribution in [3.05, 3.63) is 61.8 Å². The molecule has 0 aliphatic carbocycles. The van der Waals surface area contributed by atoms with E-state index in [1.54, 1.807) is 39.3 Å². The molecule has 0 unspecified atom stereocenters. The minimum atomic E-state index is -0.724. The Bertz CT molecular complexity index is 1120. The van der Waals surface area contributed by atoms with E-state index in [-0.39, 0.29) is 17.5 Å². The van der Waals surface area contributed by atoms with Gasteiger partial charge in [0.1, 0.15) is 5.75 Å². The topological polar surface area (TPSA) is 106 Å². The largest absolute Gasteiger partial charge is 0.497 e. The molecule has 0 bridgehead atoms. The van der Waals surface area contributed by atoms with Crippen LogP contribution < -0.4 is 15.9 Å². The summed E-state index contributed by atoms with van der Waals surface area (Å²) in [7, 11) is 4.48. The van der Waals surface area contributed by atoms with Gasteiger partial charge in [0, 0.05) is 35.9 Å². The standard InChI is InChI=1S/C19H21N3O5/c1-10-17(18(24)21-20-10)13(9-16(23)27-4)14-7-11-5-6-12(26-3)8-15(11)22(2)19(14)25/h5-8,13H,9H2,1-4H3,(H2,20,21,24)/t13-/m1/s1. The normalized spacial score (nSPS) is 12.1. The fraction of sp³-hybridized carbons (Fsp3) is 0.316. The zero-order chi connectivity index (χ0) is 19.7. The van der Waals surface area contributed by atoms with Crippen molar-refractivity contribution in [2.24, 2.45) is 7.05 Å². The number of aryl methyl sites for hydroxylation is 2. The number of aromatic amines is 2. The van der Waals surface area contributed by atoms with Crippen LogP contribution in [0.3, 0.4) is 0 Å². The van der Waals surface area contributed by atoms with E-state index >= 15 is 0 Å². The lowest BCUT2D eigenvalue weighted by atomic mass is 9.88. The maximum absolute atomic E-state index is 13.1. The summed E-state index contributed by atoms with van der Waals surface area (Å²) >= 11 is 0. The molecule has 2 aromatic heterocycles. The van der Waals surface area contributed by atoms with Crippen molar-refractivity contribution in [3.63, 3.8) is 0 Å². The Morgan fingerprint density at radius 3 is 2.52 bits per heavy atom. The summed E-state index contributed by atoms with van der Waals surface area (Å²) in [6, 6.07) is 7.11. The van der Waals surface area contributed by atoms with Gasteiger partial charge in [0.2, 0.25) is 0 Å². The van der Waals surface area contributed by atoms with Gasteiger partial charge in [-0.2, -0.15) is 0 Å². The van der Waals surface area contributed by atoms with Crippen molar-refractivity contribution in [1.29, 1.82) is 0 Å². The van der Waals surface area contributed by atoms with Crippen molar-refractivity contribution in [2.75, 3.05) is 14.2 Å². The molecule has 8 nitrogen and oxygen atoms in total. The van der Waals surface area contributed by atoms with Gasteiger partial charge in [-0.1, -0.05) is 0 Å². The molecular weight excluding hydrogens is 350 g/mol. The number of carbonyl (C=O) groups excluding carboxylic acids is 1. The van der Waals surface area contributed by atoms with Crippen LogP contribution in [0.1, 0.15) is 29.2 Å². The molecule has 0 radical (unpaired) electrons. The predicted molar refractivity (Wildman–Crippen MR) is 100 cm³/mol. The number of H-pyrrole nitrogens is 2. The molecule has 0 amide bonds. The zero-order valence-corrected chi connectivity index (χ0v) is 15.6. The Hall–Kier alpha value is -3.29. The van der Waals surface area contributed by atoms with E-state index in [0.717, 1.165) is 5.39 Å². The SMILES string of the molecule is COC(=O)C[C@@H](c1c(C)[nH][nH]c1=O)c1cc2ccc(OC)cc2n(C)c1=O. The number of benzene rings is 1. The van der Waals surface area contributed by atoms with E-state index in [9.17, 15) is 14.4 Å². The molecule has 0 fully saturated rings. The number of nitrogens with zero attached hydrogens (tertiary/aromatic N) is 1. The highest BCUT2D eigenvalue weighted by molar-refractivity contribution is 5.82. The summed E-state index contributed by atoms with van der Waals surface area (Å²) in [5, 5.41) is 6.05. The molecular formula is C19H21N3O5. The molecule has 3 aromatic rings. The van der Waals surface area contributed by atoms with Crippen LogP contribution in [0.5, 0.6) is 5.75 Å². The molecule has 2 heterocycles. The number of carbonyl (C=O) groups is 1. The molecule has 27 heavy (non-hydrogen) atoms. The van der Waals surface area contributed by atoms with Gasteiger partial charge < -0.3 is 19.1 Å². The third-order valence-electron chi connectivity index (χ3n) is 4.80. The van der Waals surface area contributed by atoms with Crippen LogP contribution in [0.25, 0.3) is 10.9 Å². The zero-order valence-electron chi connectivity index (χ0n) is 15.6. The monoisotopic (exact) mass is 371 g/mol. The summed E-state index contributed by atoms with van der Waals surface area (Å²) in [5.74, 6) is -0.594. The fourth-order valence-corrected chi connectivity index (χ4v) is 3.34. The van der Waals surface area contributed by atoms with Crippen molar-refractivity contribution in [2.45, 2.75) is 19.3 Å². The minimum Gasteiger partial charge on any atom is -0.497 e. The van der Waals surface area contributed by atoms with Crippen LogP contribution in [0.4, 0.5) is 0 Å². The Morgan fingerprint density at radius 2 is 1.93 bits per heavy atom. The number of pyridine rings is 1. The molecule has 0 saturated carbocycles. The van der Waals surface area contributed by atoms with E-state index in [2.05, 4.69) is 10.2 Å². The molecule has 8 heteroatoms. The van der Waals surface area contributed by atoms with E-state index in [1.807, 2.05) is 6.07 Å². The first-order chi connectivity index (χ1) is 12.9. The van der Waals surface area contributed by atoms with E-state index in [4.69, 9.17) is 9.47 Å². The van der Waals surface area contributed by atoms with Crippen molar-refractivity contribution < 1.29 is 14.3 Å². The molecule has 1 atom stereocenters. The maximum Gasteiger partial charge on any atom is 0.306 e. The van der Waals surface area contributed by atoms with Gasteiger partial charge >= 0.3 is 5.97 Å². The number of aromatic nitrogens is 3. The average Bonchev–Trinajstić information content (AvgIpc) is 3.00. The lowest BCUT2D eigenvalue weighted by Crippen LogP contribution is -2.27. The number of nitrogens with one attached hydrogen (secondary N) is 2. The lowest BCUT2D eigenvalue weighted by Gasteiger charge is -2.17. The second kappa shape index (κ2) is 7.14. The Labute approximate surface area is 154 Å². The average molecular weight is 371 g/mol. The van der Waals surface area contributed by atoms with Crippen LogP contribution >= 0.6 is 0 Å². The Balaban J connectivity index is 2.27. The molecule has 0 spiro atoms. The molecule has 0 aliphatic heterocycles. The van der Waals surface area contributed by atoms with Gasteiger partial charge in [-0.05, 0) is 30.5 Å². The number of hydrogen-bond donors (Lipinski definition) is 2. The quantitative estimate of drug-likeness (QED) is 0.662. The summed E-state index contributed by atoms with van der Waals surface area (Å²) in [5.41, 5.74) is 1.33. The van der Waals surface area contributed by atoms with Gasteiger partial charge in [-0.3, -0.25) is 19.5 Å². The lowest BCUT2D eigenvalue weighted by molar-refractivity contribution is -0.140. The summed E-state index contributed by atoms with van der Waals surface area (Å²) < 4.78 is 11.5. The predicted octanol–water partition coefficient (Wildman–Crippen LogP) is 1.57. The van der Waals surface area contributed by atoms with Gasteiger partial charge in [-0.15, -0.1) is 0 Å². The second-order valence-corrected chi connectivity index (χ2v) is 6.34. The summed E-state index contributed by atoms with van der Waals surface area (Å²) in [4.78, 5) is 37.3. The van der Waals surface area contributed by atoms with Crippen LogP contribution in [0.15, 0.2) is 33.9 Å². The van der Waals surface area contributed by atoms with Crippen molar-refractivity contribution >= 4 is 16.9 Å². The van der Waals surface area contributed by atoms with Crippen LogP contribution in [-0.4, -0.2) is 35.0 Å². The third-order valence-corrected chi connectivity index (χ3v) is 4.80. The number of esters is 1. The highest BCUT2D eigenvalue weighted by Gasteiger charge is 2.27. The number of ether oxygens (including phenoxy) is 2. The molecule has 0 saturated heterocycles. The van der Waals surface area contributed by atoms with Crippen LogP contribution in [0.2, 0.25) is 0 Å². The first-order valence-corrected chi connectivity index (χ1v) is 8.39. The van der Waals surface area contributed by atoms with Gasteiger partial charge in [0.15, 0.2) is 0 Å². The molecule has 3 rings (SSSR count). The fourth-order valence-electron chi connectivity index (χ4n) is 3.34. The van der Waals surface area contributed by atoms with E-state index in [0.29, 0.717) is 28.1 Å². The van der Waals surface area contributed by atoms with E-state index < -0.39 is 11.9 Å². The minimum absolute atomic E-state index is 0.116. The Morgan fingerprint density at radius 1 is 1.19 bits per heavy atom. The second-order valence-electron chi connectivity index (χ2n) is 6.34. The number of fused-ring (bicyclic) bond motifs is 1. The Kier molecular flexibility index (Phi) is 4.89. The van der Waals surface area contributed by atoms with Gasteiger partial charge in [-0.25, -0.2) is 0 Å². The highest BCUT2D eigenvalue weighted by Crippen LogP contribution is 2.29. The molecule has 142 valence electrons. The summed E-state index contributed by atoms with van der Waals surface area (Å²) in [6.45, 7) is 1.72. The molecule has 1 aromatic carbocycles. The number of rotatable bonds is 5. The van der Waals surface area contributed by atoms with Crippen molar-refractivity contribution in [1.82, 2.24) is 14.8 Å². The number of methoxy groups -OCH3 is 2. The first-order valence-electron chi connectivity index (χ1n) is 8.39. The first kappa shape index (κ1) is 18.5. The molecule has 2 N–H and O–H groups in total. The van der Waals surface area contributed by atoms with Crippen molar-refractivity contribution in [3.8, 4) is 5.75 Å². The van der Waals surface area contributed by atoms with Crippen LogP contribution in [-0.2, 0) is 16.6 Å². The molecule has 0 aliphatic rings.